The minimum atomic E-state index is 0.0434. The number of rotatable bonds is 2. The number of carbonyl (C=O) groups excluding carboxylic acids is 1. The molecule has 2 heterocycles. The normalized spacial score (nSPS) is 47.6. The second-order valence-electron chi connectivity index (χ2n) is 12.8. The summed E-state index contributed by atoms with van der Waals surface area (Å²) in [4.78, 5) is 14.8. The molecule has 4 aliphatic carbocycles. The van der Waals surface area contributed by atoms with Crippen LogP contribution in [-0.4, -0.2) is 47.4 Å². The Hall–Kier alpha value is -0.640. The highest BCUT2D eigenvalue weighted by molar-refractivity contribution is 6.18. The lowest BCUT2D eigenvalue weighted by Gasteiger charge is -2.48. The lowest BCUT2D eigenvalue weighted by atomic mass is 9.56. The van der Waals surface area contributed by atoms with Crippen LogP contribution in [0, 0.1) is 29.1 Å². The van der Waals surface area contributed by atoms with E-state index in [1.54, 1.807) is 11.1 Å². The number of ether oxygens (including phenoxy) is 1. The molecule has 0 amide bonds. The monoisotopic (exact) mass is 471 g/mol. The van der Waals surface area contributed by atoms with Crippen LogP contribution in [-0.2, 0) is 9.53 Å². The van der Waals surface area contributed by atoms with Crippen molar-refractivity contribution in [1.29, 1.82) is 0 Å². The molecule has 6 aliphatic rings. The summed E-state index contributed by atoms with van der Waals surface area (Å²) in [5.74, 6) is 4.07. The van der Waals surface area contributed by atoms with E-state index in [0.717, 1.165) is 55.9 Å². The summed E-state index contributed by atoms with van der Waals surface area (Å²) < 4.78 is 7.04. The maximum Gasteiger partial charge on any atom is 0.155 e. The zero-order chi connectivity index (χ0) is 23.0. The molecule has 0 aromatic heterocycles. The molecule has 8 atom stereocenters. The topological polar surface area (TPSA) is 29.5 Å². The highest BCUT2D eigenvalue weighted by Gasteiger charge is 2.56. The van der Waals surface area contributed by atoms with Gasteiger partial charge in [0.15, 0.2) is 5.78 Å². The van der Waals surface area contributed by atoms with E-state index >= 15 is 0 Å². The van der Waals surface area contributed by atoms with Gasteiger partial charge in [-0.05, 0) is 99.9 Å². The predicted octanol–water partition coefficient (Wildman–Crippen LogP) is 6.31. The third kappa shape index (κ3) is 3.62. The smallest absolute Gasteiger partial charge is 0.155 e. The van der Waals surface area contributed by atoms with E-state index in [2.05, 4.69) is 25.7 Å². The van der Waals surface area contributed by atoms with Gasteiger partial charge in [-0.2, -0.15) is 0 Å². The first-order chi connectivity index (χ1) is 15.8. The molecule has 6 rings (SSSR count). The van der Waals surface area contributed by atoms with Crippen molar-refractivity contribution >= 4 is 17.4 Å². The number of alkyl halides is 1. The minimum Gasteiger partial charge on any atom is -0.370 e. The van der Waals surface area contributed by atoms with E-state index in [0.29, 0.717) is 23.8 Å². The molecule has 0 radical (unpaired) electrons. The Morgan fingerprint density at radius 3 is 2.91 bits per heavy atom. The third-order valence-electron chi connectivity index (χ3n) is 10.9. The Labute approximate surface area is 205 Å². The van der Waals surface area contributed by atoms with Crippen molar-refractivity contribution in [1.82, 2.24) is 4.90 Å². The van der Waals surface area contributed by atoms with Crippen LogP contribution >= 0.6 is 11.6 Å². The molecule has 7 unspecified atom stereocenters. The first-order valence-electron chi connectivity index (χ1n) is 13.7. The van der Waals surface area contributed by atoms with Crippen LogP contribution in [0.25, 0.3) is 0 Å². The minimum absolute atomic E-state index is 0.0434. The van der Waals surface area contributed by atoms with Gasteiger partial charge in [-0.1, -0.05) is 30.6 Å². The third-order valence-corrected chi connectivity index (χ3v) is 11.1. The predicted molar refractivity (Wildman–Crippen MR) is 133 cm³/mol. The quantitative estimate of drug-likeness (QED) is 0.349. The molecule has 2 saturated carbocycles. The van der Waals surface area contributed by atoms with Gasteiger partial charge in [0.25, 0.3) is 0 Å². The second kappa shape index (κ2) is 8.20. The van der Waals surface area contributed by atoms with Gasteiger partial charge in [0, 0.05) is 31.4 Å². The molecule has 33 heavy (non-hydrogen) atoms. The number of carbonyl (C=O) groups is 1. The molecule has 182 valence electrons. The largest absolute Gasteiger partial charge is 0.370 e. The molecule has 2 aliphatic heterocycles. The van der Waals surface area contributed by atoms with Crippen molar-refractivity contribution in [2.45, 2.75) is 103 Å². The Bertz CT molecular complexity index is 894. The van der Waals surface area contributed by atoms with E-state index in [4.69, 9.17) is 16.3 Å². The number of hydrogen-bond acceptors (Lipinski definition) is 3. The number of hydrogen-bond donors (Lipinski definition) is 0. The molecule has 0 aromatic carbocycles. The van der Waals surface area contributed by atoms with E-state index in [1.165, 1.54) is 50.6 Å². The summed E-state index contributed by atoms with van der Waals surface area (Å²) >= 11 is 6.18. The van der Waals surface area contributed by atoms with Crippen molar-refractivity contribution in [3.63, 3.8) is 0 Å². The maximum atomic E-state index is 12.1. The molecule has 0 N–H and O–H groups in total. The Morgan fingerprint density at radius 1 is 1.24 bits per heavy atom. The Balaban J connectivity index is 1.26. The van der Waals surface area contributed by atoms with Gasteiger partial charge in [0.2, 0.25) is 0 Å². The zero-order valence-electron chi connectivity index (χ0n) is 20.9. The molecule has 1 spiro atoms. The van der Waals surface area contributed by atoms with Crippen LogP contribution in [0.4, 0.5) is 0 Å². The number of likely N-dealkylation sites (tertiary alicyclic amines) is 1. The SMILES string of the molecule is CC1=C2CC3C(CCC4=CC(=O)CCC43C)C2CCC2(C1)C[C@H]1C(CC(C)CN1CCCl)O2. The summed E-state index contributed by atoms with van der Waals surface area (Å²) in [5.41, 5.74) is 5.20. The number of allylic oxidation sites excluding steroid dienone is 3. The number of ketones is 1. The summed E-state index contributed by atoms with van der Waals surface area (Å²) in [7, 11) is 0. The standard InChI is InChI=1S/C29H42ClNO2/c1-18-12-27-26(31(17-18)11-10-30)16-29(33-27)9-7-22-23-5-4-20-13-21(32)6-8-28(20,3)25(23)14-24(22)19(2)15-29/h13,18,22-23,25-27H,4-12,14-17H2,1-3H3/t18?,22?,23?,25?,26-,27?,28?,29?/m0/s1. The van der Waals surface area contributed by atoms with Gasteiger partial charge in [0.05, 0.1) is 11.7 Å². The number of piperidine rings is 1. The van der Waals surface area contributed by atoms with Crippen molar-refractivity contribution in [3.05, 3.63) is 22.8 Å². The molecular weight excluding hydrogens is 430 g/mol. The van der Waals surface area contributed by atoms with E-state index in [1.807, 2.05) is 6.08 Å². The lowest BCUT2D eigenvalue weighted by Crippen LogP contribution is -2.49. The highest BCUT2D eigenvalue weighted by Crippen LogP contribution is 2.63. The van der Waals surface area contributed by atoms with Crippen LogP contribution in [0.1, 0.15) is 85.0 Å². The first-order valence-corrected chi connectivity index (χ1v) is 14.3. The maximum absolute atomic E-state index is 12.1. The molecular formula is C29H42ClNO2. The zero-order valence-corrected chi connectivity index (χ0v) is 21.6. The van der Waals surface area contributed by atoms with Gasteiger partial charge in [-0.15, -0.1) is 11.6 Å². The van der Waals surface area contributed by atoms with Gasteiger partial charge in [-0.3, -0.25) is 9.69 Å². The summed E-state index contributed by atoms with van der Waals surface area (Å²) in [6.45, 7) is 9.47. The van der Waals surface area contributed by atoms with Crippen molar-refractivity contribution < 1.29 is 9.53 Å². The number of fused-ring (bicyclic) bond motifs is 6. The molecule has 4 fully saturated rings. The van der Waals surface area contributed by atoms with Crippen LogP contribution in [0.5, 0.6) is 0 Å². The molecule has 2 saturated heterocycles. The van der Waals surface area contributed by atoms with Crippen molar-refractivity contribution in [3.8, 4) is 0 Å². The van der Waals surface area contributed by atoms with E-state index in [-0.39, 0.29) is 11.0 Å². The summed E-state index contributed by atoms with van der Waals surface area (Å²) in [6, 6.07) is 0.560. The fraction of sp³-hybridized carbons (Fsp3) is 0.828. The Kier molecular flexibility index (Phi) is 5.67. The number of nitrogens with zero attached hydrogens (tertiary/aromatic N) is 1. The van der Waals surface area contributed by atoms with E-state index < -0.39 is 0 Å². The van der Waals surface area contributed by atoms with Crippen molar-refractivity contribution in [2.75, 3.05) is 19.0 Å². The average Bonchev–Trinajstić information content (AvgIpc) is 3.28. The first kappa shape index (κ1) is 22.8. The van der Waals surface area contributed by atoms with Gasteiger partial charge in [0.1, 0.15) is 0 Å². The summed E-state index contributed by atoms with van der Waals surface area (Å²) in [6.07, 6.45) is 14.0. The highest BCUT2D eigenvalue weighted by atomic mass is 35.5. The fourth-order valence-corrected chi connectivity index (χ4v) is 9.63. The average molecular weight is 472 g/mol. The molecule has 0 aromatic rings. The Morgan fingerprint density at radius 2 is 2.09 bits per heavy atom. The van der Waals surface area contributed by atoms with Crippen LogP contribution < -0.4 is 0 Å². The van der Waals surface area contributed by atoms with Gasteiger partial charge >= 0.3 is 0 Å². The van der Waals surface area contributed by atoms with Crippen molar-refractivity contribution in [2.24, 2.45) is 29.1 Å². The molecule has 4 heteroatoms. The van der Waals surface area contributed by atoms with Gasteiger partial charge < -0.3 is 4.74 Å². The van der Waals surface area contributed by atoms with Gasteiger partial charge in [-0.25, -0.2) is 0 Å². The molecule has 3 nitrogen and oxygen atoms in total. The van der Waals surface area contributed by atoms with Crippen LogP contribution in [0.15, 0.2) is 22.8 Å². The van der Waals surface area contributed by atoms with Crippen LogP contribution in [0.2, 0.25) is 0 Å². The molecule has 0 bridgehead atoms. The lowest BCUT2D eigenvalue weighted by molar-refractivity contribution is -0.116. The number of halogens is 1. The second-order valence-corrected chi connectivity index (χ2v) is 13.2. The summed E-state index contributed by atoms with van der Waals surface area (Å²) in [5, 5.41) is 0. The van der Waals surface area contributed by atoms with E-state index in [9.17, 15) is 4.79 Å². The fourth-order valence-electron chi connectivity index (χ4n) is 9.42. The van der Waals surface area contributed by atoms with Crippen LogP contribution in [0.3, 0.4) is 0 Å².